The lowest BCUT2D eigenvalue weighted by atomic mass is 9.95. The maximum atomic E-state index is 13.8. The summed E-state index contributed by atoms with van der Waals surface area (Å²) in [6.45, 7) is 8.94. The van der Waals surface area contributed by atoms with Crippen molar-refractivity contribution < 1.29 is 23.8 Å². The van der Waals surface area contributed by atoms with Crippen molar-refractivity contribution in [1.82, 2.24) is 4.57 Å². The zero-order valence-electron chi connectivity index (χ0n) is 22.7. The van der Waals surface area contributed by atoms with E-state index in [1.54, 1.807) is 51.3 Å². The number of nitrogens with one attached hydrogen (secondary N) is 1. The zero-order chi connectivity index (χ0) is 28.3. The maximum Gasteiger partial charge on any atom is 0.338 e. The van der Waals surface area contributed by atoms with Crippen LogP contribution in [0.4, 0.5) is 5.69 Å². The first-order valence-corrected chi connectivity index (χ1v) is 13.4. The van der Waals surface area contributed by atoms with E-state index in [1.165, 1.54) is 22.8 Å². The van der Waals surface area contributed by atoms with Crippen molar-refractivity contribution in [2.24, 2.45) is 4.99 Å². The number of hydrogen-bond donors (Lipinski definition) is 1. The predicted octanol–water partition coefficient (Wildman–Crippen LogP) is 3.55. The normalized spacial score (nSPS) is 15.1. The third kappa shape index (κ3) is 5.96. The molecule has 1 aliphatic heterocycles. The number of carbonyl (C=O) groups is 2. The summed E-state index contributed by atoms with van der Waals surface area (Å²) >= 11 is 1.24. The molecule has 0 bridgehead atoms. The number of methoxy groups -OCH3 is 1. The van der Waals surface area contributed by atoms with Crippen LogP contribution in [0.1, 0.15) is 51.8 Å². The fourth-order valence-corrected chi connectivity index (χ4v) is 5.38. The van der Waals surface area contributed by atoms with Crippen molar-refractivity contribution in [2.45, 2.75) is 46.8 Å². The van der Waals surface area contributed by atoms with Gasteiger partial charge in [-0.25, -0.2) is 9.79 Å². The molecule has 4 rings (SSSR count). The Labute approximate surface area is 230 Å². The number of benzene rings is 2. The van der Waals surface area contributed by atoms with Crippen LogP contribution in [0.25, 0.3) is 6.08 Å². The molecule has 0 fully saturated rings. The second-order valence-corrected chi connectivity index (χ2v) is 10.2. The molecule has 1 N–H and O–H groups in total. The summed E-state index contributed by atoms with van der Waals surface area (Å²) in [5.41, 5.74) is 2.58. The molecule has 0 radical (unpaired) electrons. The van der Waals surface area contributed by atoms with E-state index in [2.05, 4.69) is 10.3 Å². The highest BCUT2D eigenvalue weighted by Gasteiger charge is 2.34. The second kappa shape index (κ2) is 11.7. The minimum Gasteiger partial charge on any atom is -0.493 e. The Balaban J connectivity index is 1.88. The van der Waals surface area contributed by atoms with Gasteiger partial charge >= 0.3 is 5.97 Å². The largest absolute Gasteiger partial charge is 0.493 e. The van der Waals surface area contributed by atoms with Gasteiger partial charge in [0, 0.05) is 12.6 Å². The van der Waals surface area contributed by atoms with Gasteiger partial charge in [0.05, 0.1) is 41.7 Å². The lowest BCUT2D eigenvalue weighted by molar-refractivity contribution is -0.139. The highest BCUT2D eigenvalue weighted by atomic mass is 32.1. The van der Waals surface area contributed by atoms with Crippen LogP contribution in [0.2, 0.25) is 0 Å². The number of ether oxygens (including phenoxy) is 3. The van der Waals surface area contributed by atoms with E-state index in [-0.39, 0.29) is 29.8 Å². The smallest absolute Gasteiger partial charge is 0.338 e. The molecular weight excluding hydrogens is 518 g/mol. The van der Waals surface area contributed by atoms with Crippen LogP contribution in [0, 0.1) is 0 Å². The van der Waals surface area contributed by atoms with E-state index >= 15 is 0 Å². The van der Waals surface area contributed by atoms with Crippen molar-refractivity contribution in [3.05, 3.63) is 84.5 Å². The van der Waals surface area contributed by atoms with Crippen LogP contribution in [0.15, 0.2) is 63.5 Å². The van der Waals surface area contributed by atoms with Crippen molar-refractivity contribution in [3.8, 4) is 11.5 Å². The average Bonchev–Trinajstić information content (AvgIpc) is 3.18. The van der Waals surface area contributed by atoms with E-state index in [0.29, 0.717) is 37.8 Å². The van der Waals surface area contributed by atoms with Gasteiger partial charge in [0.1, 0.15) is 0 Å². The maximum absolute atomic E-state index is 13.8. The molecule has 1 amide bonds. The van der Waals surface area contributed by atoms with E-state index in [4.69, 9.17) is 14.2 Å². The van der Waals surface area contributed by atoms with Crippen LogP contribution in [0.5, 0.6) is 11.5 Å². The molecular formula is C29H31N3O6S. The summed E-state index contributed by atoms with van der Waals surface area (Å²) in [5.74, 6) is 0.350. The lowest BCUT2D eigenvalue weighted by Crippen LogP contribution is -2.40. The van der Waals surface area contributed by atoms with E-state index in [0.717, 1.165) is 5.56 Å². The summed E-state index contributed by atoms with van der Waals surface area (Å²) < 4.78 is 18.8. The van der Waals surface area contributed by atoms with Gasteiger partial charge in [0.25, 0.3) is 5.56 Å². The third-order valence-corrected chi connectivity index (χ3v) is 6.89. The van der Waals surface area contributed by atoms with Gasteiger partial charge in [0.15, 0.2) is 16.3 Å². The Kier molecular flexibility index (Phi) is 8.35. The molecule has 1 atom stereocenters. The topological polar surface area (TPSA) is 108 Å². The fourth-order valence-electron chi connectivity index (χ4n) is 4.33. The molecule has 0 saturated carbocycles. The van der Waals surface area contributed by atoms with E-state index in [9.17, 15) is 14.4 Å². The van der Waals surface area contributed by atoms with Crippen molar-refractivity contribution >= 4 is 35.0 Å². The van der Waals surface area contributed by atoms with Crippen LogP contribution in [0.3, 0.4) is 0 Å². The Morgan fingerprint density at radius 1 is 1.15 bits per heavy atom. The first-order chi connectivity index (χ1) is 18.6. The molecule has 0 unspecified atom stereocenters. The fraction of sp³-hybridized carbons (Fsp3) is 0.310. The summed E-state index contributed by atoms with van der Waals surface area (Å²) in [6.07, 6.45) is 1.70. The first-order valence-electron chi connectivity index (χ1n) is 12.5. The van der Waals surface area contributed by atoms with Gasteiger partial charge in [0.2, 0.25) is 5.91 Å². The van der Waals surface area contributed by atoms with Crippen molar-refractivity contribution in [1.29, 1.82) is 0 Å². The number of nitrogens with zero attached hydrogens (tertiary/aromatic N) is 2. The van der Waals surface area contributed by atoms with Crippen molar-refractivity contribution in [2.75, 3.05) is 19.0 Å². The number of rotatable bonds is 8. The summed E-state index contributed by atoms with van der Waals surface area (Å²) in [7, 11) is 1.54. The third-order valence-electron chi connectivity index (χ3n) is 5.91. The summed E-state index contributed by atoms with van der Waals surface area (Å²) in [6, 6.07) is 11.8. The Morgan fingerprint density at radius 3 is 2.49 bits per heavy atom. The van der Waals surface area contributed by atoms with Gasteiger partial charge < -0.3 is 19.5 Å². The highest BCUT2D eigenvalue weighted by molar-refractivity contribution is 7.07. The number of allylic oxidation sites excluding steroid dienone is 1. The number of esters is 1. The Morgan fingerprint density at radius 2 is 1.87 bits per heavy atom. The molecule has 1 aliphatic rings. The molecule has 1 aromatic heterocycles. The molecule has 9 nitrogen and oxygen atoms in total. The van der Waals surface area contributed by atoms with Gasteiger partial charge in [-0.05, 0) is 69.2 Å². The molecule has 2 heterocycles. The number of amides is 1. The lowest BCUT2D eigenvalue weighted by Gasteiger charge is -2.25. The predicted molar refractivity (Wildman–Crippen MR) is 150 cm³/mol. The zero-order valence-corrected chi connectivity index (χ0v) is 23.5. The molecule has 2 aromatic carbocycles. The van der Waals surface area contributed by atoms with E-state index in [1.807, 2.05) is 32.0 Å². The number of carbonyl (C=O) groups excluding carboxylic acids is 2. The molecule has 0 saturated heterocycles. The second-order valence-electron chi connectivity index (χ2n) is 9.18. The molecule has 3 aromatic rings. The number of thiazole rings is 1. The molecule has 10 heteroatoms. The summed E-state index contributed by atoms with van der Waals surface area (Å²) in [5, 5.41) is 2.73. The first kappa shape index (κ1) is 27.8. The Bertz CT molecular complexity index is 1620. The van der Waals surface area contributed by atoms with Gasteiger partial charge in [-0.15, -0.1) is 0 Å². The van der Waals surface area contributed by atoms with Gasteiger partial charge in [-0.1, -0.05) is 29.5 Å². The number of fused-ring (bicyclic) bond motifs is 1. The highest BCUT2D eigenvalue weighted by Crippen LogP contribution is 2.36. The molecule has 0 aliphatic carbocycles. The molecule has 204 valence electrons. The monoisotopic (exact) mass is 549 g/mol. The van der Waals surface area contributed by atoms with Gasteiger partial charge in [-0.3, -0.25) is 14.2 Å². The van der Waals surface area contributed by atoms with Crippen LogP contribution in [-0.2, 0) is 14.3 Å². The summed E-state index contributed by atoms with van der Waals surface area (Å²) in [4.78, 5) is 43.3. The standard InChI is InChI=1S/C29H31N3O6S/c1-7-37-28(35)25-17(4)30-29-32(26(25)20-10-13-22(38-16(2)3)23(15-20)36-6)27(34)24(39-29)14-19-8-11-21(12-9-19)31-18(5)33/h8-16,26H,7H2,1-6H3,(H,31,33)/b24-14-/t26-/m1/s1. The van der Waals surface area contributed by atoms with Crippen LogP contribution >= 0.6 is 11.3 Å². The SMILES string of the molecule is CCOC(=O)C1=C(C)N=c2s/c(=C\c3ccc(NC(C)=O)cc3)c(=O)n2[C@@H]1c1ccc(OC(C)C)c(OC)c1. The number of anilines is 1. The average molecular weight is 550 g/mol. The molecule has 39 heavy (non-hydrogen) atoms. The Hall–Kier alpha value is -4.18. The minimum atomic E-state index is -0.772. The van der Waals surface area contributed by atoms with Crippen LogP contribution < -0.4 is 29.7 Å². The van der Waals surface area contributed by atoms with E-state index < -0.39 is 12.0 Å². The minimum absolute atomic E-state index is 0.0630. The quantitative estimate of drug-likeness (QED) is 0.431. The van der Waals surface area contributed by atoms with Crippen LogP contribution in [-0.4, -0.2) is 36.3 Å². The number of aromatic nitrogens is 1. The number of hydrogen-bond acceptors (Lipinski definition) is 8. The van der Waals surface area contributed by atoms with Crippen molar-refractivity contribution in [3.63, 3.8) is 0 Å². The molecule has 0 spiro atoms. The van der Waals surface area contributed by atoms with Gasteiger partial charge in [-0.2, -0.15) is 0 Å².